The number of nitrogens with zero attached hydrogens (tertiary/aromatic N) is 6. The van der Waals surface area contributed by atoms with Gasteiger partial charge in [-0.05, 0) is 48.9 Å². The van der Waals surface area contributed by atoms with Crippen molar-refractivity contribution >= 4 is 24.0 Å². The highest BCUT2D eigenvalue weighted by molar-refractivity contribution is 5.88. The molecule has 16 nitrogen and oxygen atoms in total. The zero-order chi connectivity index (χ0) is 42.5. The first-order valence-corrected chi connectivity index (χ1v) is 19.8. The number of nitrogens with one attached hydrogen (secondary N) is 4. The normalized spacial score (nSPS) is 17.1. The number of rotatable bonds is 11. The fourth-order valence-corrected chi connectivity index (χ4v) is 7.96. The number of ether oxygens (including phenoxy) is 2. The summed E-state index contributed by atoms with van der Waals surface area (Å²) in [5, 5.41) is 5.33. The van der Waals surface area contributed by atoms with Crippen LogP contribution in [0.15, 0.2) is 104 Å². The van der Waals surface area contributed by atoms with Gasteiger partial charge < -0.3 is 39.9 Å². The fraction of sp³-hybridized carbons (Fsp3) is 0.273. The molecule has 2 saturated heterocycles. The van der Waals surface area contributed by atoms with E-state index in [1.165, 1.54) is 20.3 Å². The van der Waals surface area contributed by atoms with Gasteiger partial charge in [-0.1, -0.05) is 66.7 Å². The minimum atomic E-state index is -0.959. The smallest absolute Gasteiger partial charge is 0.407 e. The van der Waals surface area contributed by atoms with Crippen LogP contribution in [0.4, 0.5) is 14.0 Å². The molecule has 2 fully saturated rings. The van der Waals surface area contributed by atoms with Crippen molar-refractivity contribution in [2.75, 3.05) is 27.3 Å². The van der Waals surface area contributed by atoms with Crippen molar-refractivity contribution < 1.29 is 33.0 Å². The van der Waals surface area contributed by atoms with Gasteiger partial charge in [-0.15, -0.1) is 0 Å². The van der Waals surface area contributed by atoms with Gasteiger partial charge in [0.05, 0.1) is 43.9 Å². The molecular formula is C44H43FN10O6. The predicted molar refractivity (Wildman–Crippen MR) is 219 cm³/mol. The van der Waals surface area contributed by atoms with Gasteiger partial charge in [0, 0.05) is 48.4 Å². The molecule has 2 aliphatic rings. The van der Waals surface area contributed by atoms with Crippen molar-refractivity contribution in [3.8, 4) is 33.9 Å². The molecule has 4 atom stereocenters. The Hall–Kier alpha value is -7.43. The molecule has 0 aliphatic carbocycles. The maximum absolute atomic E-state index is 15.8. The summed E-state index contributed by atoms with van der Waals surface area (Å²) in [6, 6.07) is 20.0. The second kappa shape index (κ2) is 17.8. The van der Waals surface area contributed by atoms with E-state index in [-0.39, 0.29) is 23.4 Å². The third-order valence-electron chi connectivity index (χ3n) is 11.0. The molecule has 3 aromatic heterocycles. The Morgan fingerprint density at radius 3 is 1.82 bits per heavy atom. The average Bonchev–Trinajstić information content (AvgIpc) is 4.15. The number of likely N-dealkylation sites (tertiary alicyclic amines) is 2. The molecule has 8 rings (SSSR count). The van der Waals surface area contributed by atoms with Gasteiger partial charge in [0.2, 0.25) is 0 Å². The molecule has 0 radical (unpaired) electrons. The van der Waals surface area contributed by atoms with Crippen molar-refractivity contribution in [1.82, 2.24) is 50.3 Å². The van der Waals surface area contributed by atoms with Gasteiger partial charge in [0.25, 0.3) is 11.8 Å². The lowest BCUT2D eigenvalue weighted by atomic mass is 10.0. The molecule has 4 N–H and O–H groups in total. The van der Waals surface area contributed by atoms with Crippen LogP contribution in [0.1, 0.15) is 72.6 Å². The van der Waals surface area contributed by atoms with Crippen molar-refractivity contribution in [2.24, 2.45) is 0 Å². The largest absolute Gasteiger partial charge is 0.453 e. The highest BCUT2D eigenvalue weighted by atomic mass is 19.1. The van der Waals surface area contributed by atoms with Gasteiger partial charge in [-0.2, -0.15) is 0 Å². The van der Waals surface area contributed by atoms with E-state index in [0.717, 1.165) is 12.8 Å². The van der Waals surface area contributed by atoms with E-state index in [2.05, 4.69) is 35.6 Å². The number of hydrogen-bond acceptors (Lipinski definition) is 10. The number of halogens is 1. The van der Waals surface area contributed by atoms with Crippen LogP contribution in [0.2, 0.25) is 0 Å². The van der Waals surface area contributed by atoms with Crippen LogP contribution in [0, 0.1) is 5.82 Å². The molecule has 0 unspecified atom stereocenters. The van der Waals surface area contributed by atoms with E-state index in [9.17, 15) is 19.2 Å². The van der Waals surface area contributed by atoms with Crippen LogP contribution in [0.25, 0.3) is 33.9 Å². The Balaban J connectivity index is 0.946. The third-order valence-corrected chi connectivity index (χ3v) is 11.0. The van der Waals surface area contributed by atoms with Crippen molar-refractivity contribution in [1.29, 1.82) is 0 Å². The Kier molecular flexibility index (Phi) is 11.8. The lowest BCUT2D eigenvalue weighted by Gasteiger charge is -2.28. The molecule has 17 heteroatoms. The fourth-order valence-electron chi connectivity index (χ4n) is 7.96. The summed E-state index contributed by atoms with van der Waals surface area (Å²) in [4.78, 5) is 80.4. The Morgan fingerprint density at radius 2 is 1.28 bits per heavy atom. The number of hydrogen-bond donors (Lipinski definition) is 4. The van der Waals surface area contributed by atoms with Gasteiger partial charge >= 0.3 is 12.2 Å². The molecule has 2 aliphatic heterocycles. The number of methoxy groups -OCH3 is 2. The number of carbonyl (C=O) groups excluding carboxylic acids is 4. The standard InChI is InChI=1S/C44H43FN10O6/c1-60-43(58)52-36(26-11-5-3-6-12-26)41(56)54-19-9-15-34(54)39-48-24-32(50-39)29-22-46-38(47-23-29)28-17-18-30(31(45)21-28)33-25-49-40(51-33)35-16-10-20-55(35)42(57)37(53-44(59)61-2)27-13-7-4-8-14-27/h3-8,11-14,17-18,21-25,34-37H,9-10,15-16,19-20H2,1-2H3,(H,48,50)(H,49,51)(H,52,58)(H,53,59)/t34-,35-,36+,37-/m0/s1. The number of carbonyl (C=O) groups is 4. The predicted octanol–water partition coefficient (Wildman–Crippen LogP) is 6.58. The topological polar surface area (TPSA) is 200 Å². The first kappa shape index (κ1) is 40.4. The minimum Gasteiger partial charge on any atom is -0.453 e. The number of amides is 4. The molecule has 3 aromatic carbocycles. The van der Waals surface area contributed by atoms with E-state index in [1.807, 2.05) is 12.1 Å². The van der Waals surface area contributed by atoms with Gasteiger partial charge in [0.1, 0.15) is 29.5 Å². The molecule has 6 aromatic rings. The number of H-pyrrole nitrogens is 2. The molecule has 312 valence electrons. The molecule has 0 saturated carbocycles. The van der Waals surface area contributed by atoms with Crippen LogP contribution < -0.4 is 10.6 Å². The van der Waals surface area contributed by atoms with Crippen molar-refractivity contribution in [3.63, 3.8) is 0 Å². The summed E-state index contributed by atoms with van der Waals surface area (Å²) in [5.74, 6) is 0.313. The number of imidazole rings is 2. The zero-order valence-corrected chi connectivity index (χ0v) is 33.4. The summed E-state index contributed by atoms with van der Waals surface area (Å²) < 4.78 is 25.4. The number of aromatic nitrogens is 6. The third kappa shape index (κ3) is 8.53. The van der Waals surface area contributed by atoms with Gasteiger partial charge in [0.15, 0.2) is 5.82 Å². The van der Waals surface area contributed by atoms with E-state index in [0.29, 0.717) is 77.0 Å². The highest BCUT2D eigenvalue weighted by Crippen LogP contribution is 2.36. The SMILES string of the molecule is COC(=O)N[C@H](C(=O)N1CCC[C@H]1c1ncc(-c2ccc(-c3ncc(-c4c[nH]c([C@@H]5CCCN5C(=O)[C@H](NC(=O)OC)c5ccccc5)n4)cn3)cc2F)[nH]1)c1ccccc1. The van der Waals surface area contributed by atoms with Crippen LogP contribution in [0.5, 0.6) is 0 Å². The molecule has 0 bridgehead atoms. The second-order valence-corrected chi connectivity index (χ2v) is 14.7. The number of alkyl carbamates (subject to hydrolysis) is 2. The minimum absolute atomic E-state index is 0.271. The van der Waals surface area contributed by atoms with Crippen molar-refractivity contribution in [3.05, 3.63) is 132 Å². The first-order chi connectivity index (χ1) is 29.7. The molecular weight excluding hydrogens is 784 g/mol. The van der Waals surface area contributed by atoms with Crippen molar-refractivity contribution in [2.45, 2.75) is 49.9 Å². The summed E-state index contributed by atoms with van der Waals surface area (Å²) >= 11 is 0. The summed E-state index contributed by atoms with van der Waals surface area (Å²) in [6.07, 6.45) is 7.85. The summed E-state index contributed by atoms with van der Waals surface area (Å²) in [6.45, 7) is 0.954. The lowest BCUT2D eigenvalue weighted by molar-refractivity contribution is -0.135. The highest BCUT2D eigenvalue weighted by Gasteiger charge is 2.38. The molecule has 4 amide bonds. The molecule has 61 heavy (non-hydrogen) atoms. The maximum atomic E-state index is 15.8. The van der Waals surface area contributed by atoms with Gasteiger partial charge in [-0.25, -0.2) is 33.9 Å². The summed E-state index contributed by atoms with van der Waals surface area (Å²) in [5.41, 5.74) is 3.63. The Labute approximate surface area is 349 Å². The van der Waals surface area contributed by atoms with E-state index in [1.54, 1.807) is 95.3 Å². The molecule has 5 heterocycles. The lowest BCUT2D eigenvalue weighted by Crippen LogP contribution is -2.42. The van der Waals surface area contributed by atoms with E-state index < -0.39 is 36.1 Å². The quantitative estimate of drug-likeness (QED) is 0.111. The van der Waals surface area contributed by atoms with Crippen LogP contribution in [0.3, 0.4) is 0 Å². The average molecular weight is 827 g/mol. The van der Waals surface area contributed by atoms with E-state index >= 15 is 4.39 Å². The van der Waals surface area contributed by atoms with Gasteiger partial charge in [-0.3, -0.25) is 9.59 Å². The molecule has 0 spiro atoms. The monoisotopic (exact) mass is 826 g/mol. The zero-order valence-electron chi connectivity index (χ0n) is 33.4. The Bertz CT molecular complexity index is 2510. The van der Waals surface area contributed by atoms with Crippen LogP contribution >= 0.6 is 0 Å². The summed E-state index contributed by atoms with van der Waals surface area (Å²) in [7, 11) is 2.50. The second-order valence-electron chi connectivity index (χ2n) is 14.7. The number of aromatic amines is 2. The van der Waals surface area contributed by atoms with Crippen LogP contribution in [-0.2, 0) is 19.1 Å². The maximum Gasteiger partial charge on any atom is 0.407 e. The first-order valence-electron chi connectivity index (χ1n) is 19.8. The number of benzene rings is 3. The van der Waals surface area contributed by atoms with Crippen LogP contribution in [-0.4, -0.2) is 91.0 Å². The Morgan fingerprint density at radius 1 is 0.721 bits per heavy atom. The van der Waals surface area contributed by atoms with E-state index in [4.69, 9.17) is 14.5 Å².